The van der Waals surface area contributed by atoms with Crippen molar-refractivity contribution in [2.75, 3.05) is 40.0 Å². The van der Waals surface area contributed by atoms with Crippen LogP contribution in [0.2, 0.25) is 5.02 Å². The minimum Gasteiger partial charge on any atom is -0.481 e. The highest BCUT2D eigenvalue weighted by Crippen LogP contribution is 2.40. The fourth-order valence-corrected chi connectivity index (χ4v) is 5.07. The maximum absolute atomic E-state index is 15.0. The summed E-state index contributed by atoms with van der Waals surface area (Å²) in [5.74, 6) is -0.664. The van der Waals surface area contributed by atoms with Crippen LogP contribution in [0.3, 0.4) is 0 Å². The number of hydrogen-bond acceptors (Lipinski definition) is 8. The maximum atomic E-state index is 15.0. The number of halogens is 2. The van der Waals surface area contributed by atoms with E-state index in [-0.39, 0.29) is 23.3 Å². The molecule has 0 saturated carbocycles. The van der Waals surface area contributed by atoms with E-state index in [9.17, 15) is 9.18 Å². The molecule has 2 aromatic carbocycles. The number of nitrogens with zero attached hydrogens (tertiary/aromatic N) is 4. The predicted molar refractivity (Wildman–Crippen MR) is 127 cm³/mol. The van der Waals surface area contributed by atoms with Crippen LogP contribution in [0, 0.1) is 12.7 Å². The van der Waals surface area contributed by atoms with E-state index >= 15 is 0 Å². The minimum atomic E-state index is -0.751. The van der Waals surface area contributed by atoms with Gasteiger partial charge in [0.25, 0.3) is 5.91 Å². The zero-order valence-electron chi connectivity index (χ0n) is 18.4. The van der Waals surface area contributed by atoms with E-state index in [2.05, 4.69) is 15.0 Å². The molecule has 0 N–H and O–H groups in total. The lowest BCUT2D eigenvalue weighted by atomic mass is 10.1. The number of thiazole rings is 1. The first kappa shape index (κ1) is 22.7. The topological polar surface area (TPSA) is 86.7 Å². The fraction of sp³-hybridized carbons (Fsp3) is 0.304. The Balaban J connectivity index is 1.49. The monoisotopic (exact) mass is 502 g/mol. The van der Waals surface area contributed by atoms with Gasteiger partial charge in [0, 0.05) is 24.7 Å². The molecule has 1 aliphatic heterocycles. The summed E-state index contributed by atoms with van der Waals surface area (Å²) in [7, 11) is 1.53. The zero-order valence-corrected chi connectivity index (χ0v) is 20.0. The number of carbonyl (C=O) groups excluding carboxylic acids is 1. The summed E-state index contributed by atoms with van der Waals surface area (Å²) >= 11 is 7.65. The van der Waals surface area contributed by atoms with Crippen molar-refractivity contribution >= 4 is 50.1 Å². The van der Waals surface area contributed by atoms with Gasteiger partial charge in [0.05, 0.1) is 42.3 Å². The third-order valence-electron chi connectivity index (χ3n) is 5.46. The van der Waals surface area contributed by atoms with E-state index in [4.69, 9.17) is 25.8 Å². The molecule has 11 heteroatoms. The van der Waals surface area contributed by atoms with Gasteiger partial charge in [-0.25, -0.2) is 19.3 Å². The summed E-state index contributed by atoms with van der Waals surface area (Å²) in [6, 6.07) is 5.38. The first-order valence-corrected chi connectivity index (χ1v) is 11.7. The third-order valence-corrected chi connectivity index (χ3v) is 6.84. The van der Waals surface area contributed by atoms with Crippen LogP contribution >= 0.6 is 22.9 Å². The maximum Gasteiger partial charge on any atom is 0.260 e. The van der Waals surface area contributed by atoms with Crippen LogP contribution in [0.5, 0.6) is 11.6 Å². The summed E-state index contributed by atoms with van der Waals surface area (Å²) < 4.78 is 31.5. The molecule has 0 bridgehead atoms. The predicted octanol–water partition coefficient (Wildman–Crippen LogP) is 4.25. The molecule has 3 heterocycles. The van der Waals surface area contributed by atoms with Crippen LogP contribution in [0.4, 0.5) is 4.39 Å². The van der Waals surface area contributed by atoms with Crippen LogP contribution in [0.15, 0.2) is 24.4 Å². The highest BCUT2D eigenvalue weighted by molar-refractivity contribution is 7.21. The lowest BCUT2D eigenvalue weighted by molar-refractivity contribution is -0.137. The van der Waals surface area contributed by atoms with Crippen molar-refractivity contribution in [2.45, 2.75) is 6.92 Å². The molecule has 0 aliphatic carbocycles. The van der Waals surface area contributed by atoms with Gasteiger partial charge < -0.3 is 19.1 Å². The van der Waals surface area contributed by atoms with Gasteiger partial charge in [-0.1, -0.05) is 11.6 Å². The van der Waals surface area contributed by atoms with Gasteiger partial charge in [-0.15, -0.1) is 11.3 Å². The highest BCUT2D eigenvalue weighted by Gasteiger charge is 2.22. The van der Waals surface area contributed by atoms with Crippen molar-refractivity contribution in [1.82, 2.24) is 19.9 Å². The van der Waals surface area contributed by atoms with Crippen molar-refractivity contribution < 1.29 is 23.4 Å². The first-order chi connectivity index (χ1) is 16.4. The zero-order chi connectivity index (χ0) is 23.8. The molecule has 0 unspecified atom stereocenters. The van der Waals surface area contributed by atoms with Gasteiger partial charge in [-0.05, 0) is 24.6 Å². The molecule has 8 nitrogen and oxygen atoms in total. The number of aryl methyl sites for hydroxylation is 1. The molecule has 1 fully saturated rings. The van der Waals surface area contributed by atoms with Crippen molar-refractivity contribution in [3.8, 4) is 22.2 Å². The smallest absolute Gasteiger partial charge is 0.260 e. The summed E-state index contributed by atoms with van der Waals surface area (Å²) in [4.78, 5) is 27.5. The number of methoxy groups -OCH3 is 1. The summed E-state index contributed by atoms with van der Waals surface area (Å²) in [5.41, 5.74) is 3.35. The quantitative estimate of drug-likeness (QED) is 0.403. The van der Waals surface area contributed by atoms with Crippen LogP contribution in [0.25, 0.3) is 31.8 Å². The SMILES string of the molecule is COc1cnc2c(-c3nc4c(Cl)c(F)c(OCC(=O)N5CCOCC5)cc4s3)cc(C)cc2n1. The number of fused-ring (bicyclic) bond motifs is 2. The van der Waals surface area contributed by atoms with E-state index in [1.807, 2.05) is 19.1 Å². The number of morpholine rings is 1. The highest BCUT2D eigenvalue weighted by atomic mass is 35.5. The van der Waals surface area contributed by atoms with Crippen molar-refractivity contribution in [2.24, 2.45) is 0 Å². The fourth-order valence-electron chi connectivity index (χ4n) is 3.75. The van der Waals surface area contributed by atoms with E-state index in [1.54, 1.807) is 11.1 Å². The number of amides is 1. The van der Waals surface area contributed by atoms with E-state index < -0.39 is 5.82 Å². The molecule has 34 heavy (non-hydrogen) atoms. The Morgan fingerprint density at radius 2 is 2.03 bits per heavy atom. The van der Waals surface area contributed by atoms with Crippen LogP contribution < -0.4 is 9.47 Å². The van der Waals surface area contributed by atoms with Gasteiger partial charge in [-0.2, -0.15) is 0 Å². The molecule has 1 saturated heterocycles. The molecular weight excluding hydrogens is 483 g/mol. The third kappa shape index (κ3) is 4.24. The van der Waals surface area contributed by atoms with Crippen molar-refractivity contribution in [1.29, 1.82) is 0 Å². The number of aromatic nitrogens is 3. The van der Waals surface area contributed by atoms with E-state index in [1.165, 1.54) is 24.5 Å². The largest absolute Gasteiger partial charge is 0.481 e. The number of rotatable bonds is 5. The molecule has 0 spiro atoms. The molecule has 2 aromatic heterocycles. The van der Waals surface area contributed by atoms with Gasteiger partial charge in [-0.3, -0.25) is 4.79 Å². The van der Waals surface area contributed by atoms with Crippen LogP contribution in [0.1, 0.15) is 5.56 Å². The lowest BCUT2D eigenvalue weighted by Crippen LogP contribution is -2.43. The second-order valence-electron chi connectivity index (χ2n) is 7.74. The lowest BCUT2D eigenvalue weighted by Gasteiger charge is -2.26. The number of benzene rings is 2. The Kier molecular flexibility index (Phi) is 6.20. The summed E-state index contributed by atoms with van der Waals surface area (Å²) in [6.45, 7) is 3.59. The molecule has 0 atom stereocenters. The average molecular weight is 503 g/mol. The summed E-state index contributed by atoms with van der Waals surface area (Å²) in [5, 5.41) is 0.463. The Labute approximate surface area is 203 Å². The number of carbonyl (C=O) groups is 1. The van der Waals surface area contributed by atoms with Gasteiger partial charge in [0.2, 0.25) is 5.88 Å². The molecule has 5 rings (SSSR count). The normalized spacial score (nSPS) is 14.1. The molecule has 176 valence electrons. The van der Waals surface area contributed by atoms with Gasteiger partial charge >= 0.3 is 0 Å². The first-order valence-electron chi connectivity index (χ1n) is 10.5. The van der Waals surface area contributed by atoms with Crippen LogP contribution in [-0.2, 0) is 9.53 Å². The Morgan fingerprint density at radius 1 is 1.24 bits per heavy atom. The van der Waals surface area contributed by atoms with Crippen molar-refractivity contribution in [3.63, 3.8) is 0 Å². The number of hydrogen-bond donors (Lipinski definition) is 0. The second kappa shape index (κ2) is 9.28. The Morgan fingerprint density at radius 3 is 2.79 bits per heavy atom. The Bertz CT molecular complexity index is 1410. The molecule has 4 aromatic rings. The minimum absolute atomic E-state index is 0.0899. The molecule has 0 radical (unpaired) electrons. The molecular formula is C23H20ClFN4O4S. The van der Waals surface area contributed by atoms with Gasteiger partial charge in [0.1, 0.15) is 15.5 Å². The Hall–Kier alpha value is -3.08. The molecule has 1 aliphatic rings. The van der Waals surface area contributed by atoms with Gasteiger partial charge in [0.15, 0.2) is 18.2 Å². The summed E-state index contributed by atoms with van der Waals surface area (Å²) in [6.07, 6.45) is 1.54. The van der Waals surface area contributed by atoms with Crippen LogP contribution in [-0.4, -0.2) is 65.8 Å². The van der Waals surface area contributed by atoms with E-state index in [0.717, 1.165) is 11.1 Å². The molecule has 1 amide bonds. The van der Waals surface area contributed by atoms with Crippen molar-refractivity contribution in [3.05, 3.63) is 40.8 Å². The standard InChI is InChI=1S/C23H20ClFN4O4S/c1-12-7-13(21-14(8-12)27-17(31-2)10-26-21)23-28-22-16(34-23)9-15(20(25)19(22)24)33-11-18(30)29-3-5-32-6-4-29/h7-10H,3-6,11H2,1-2H3. The average Bonchev–Trinajstić information content (AvgIpc) is 3.29. The second-order valence-corrected chi connectivity index (χ2v) is 9.15. The number of ether oxygens (including phenoxy) is 3. The van der Waals surface area contributed by atoms with E-state index in [0.29, 0.717) is 58.4 Å².